The molecular weight excluding hydrogens is 267 g/mol. The lowest BCUT2D eigenvalue weighted by atomic mass is 10.2. The minimum absolute atomic E-state index is 0.183. The predicted octanol–water partition coefficient (Wildman–Crippen LogP) is 2.19. The van der Waals surface area contributed by atoms with Crippen LogP contribution in [0.3, 0.4) is 0 Å². The van der Waals surface area contributed by atoms with Crippen molar-refractivity contribution in [1.29, 1.82) is 0 Å². The molecule has 2 heterocycles. The lowest BCUT2D eigenvalue weighted by Crippen LogP contribution is -2.18. The minimum Gasteiger partial charge on any atom is -0.357 e. The van der Waals surface area contributed by atoms with E-state index in [1.165, 1.54) is 12.8 Å². The molecule has 0 N–H and O–H groups in total. The fraction of sp³-hybridized carbons (Fsp3) is 0.625. The van der Waals surface area contributed by atoms with E-state index in [-0.39, 0.29) is 6.23 Å². The van der Waals surface area contributed by atoms with Gasteiger partial charge in [-0.1, -0.05) is 0 Å². The quantitative estimate of drug-likeness (QED) is 0.736. The molecule has 0 aliphatic carbocycles. The van der Waals surface area contributed by atoms with Gasteiger partial charge < -0.3 is 4.74 Å². The van der Waals surface area contributed by atoms with E-state index in [1.54, 1.807) is 0 Å². The Balaban J connectivity index is 2.08. The minimum atomic E-state index is 0.183. The van der Waals surface area contributed by atoms with Gasteiger partial charge in [0.05, 0.1) is 0 Å². The van der Waals surface area contributed by atoms with Gasteiger partial charge in [-0.3, -0.25) is 0 Å². The van der Waals surface area contributed by atoms with E-state index in [9.17, 15) is 0 Å². The number of halogens is 1. The van der Waals surface area contributed by atoms with Gasteiger partial charge in [-0.05, 0) is 47.9 Å². The molecule has 4 heteroatoms. The van der Waals surface area contributed by atoms with Gasteiger partial charge in [-0.2, -0.15) is 5.10 Å². The van der Waals surface area contributed by atoms with Gasteiger partial charge in [0.15, 0.2) is 0 Å². The molecular formula is C8H11IN2O. The van der Waals surface area contributed by atoms with Crippen LogP contribution in [-0.2, 0) is 4.74 Å². The van der Waals surface area contributed by atoms with Gasteiger partial charge in [-0.15, -0.1) is 0 Å². The topological polar surface area (TPSA) is 27.1 Å². The summed E-state index contributed by atoms with van der Waals surface area (Å²) in [5.74, 6) is 0. The van der Waals surface area contributed by atoms with Crippen LogP contribution in [-0.4, -0.2) is 16.4 Å². The molecule has 12 heavy (non-hydrogen) atoms. The van der Waals surface area contributed by atoms with Crippen molar-refractivity contribution in [3.63, 3.8) is 0 Å². The van der Waals surface area contributed by atoms with Crippen LogP contribution in [0.15, 0.2) is 12.3 Å². The van der Waals surface area contributed by atoms with E-state index in [0.29, 0.717) is 0 Å². The summed E-state index contributed by atoms with van der Waals surface area (Å²) in [5, 5.41) is 4.31. The molecule has 1 atom stereocenters. The van der Waals surface area contributed by atoms with Crippen molar-refractivity contribution in [3.8, 4) is 0 Å². The third-order valence-corrected chi connectivity index (χ3v) is 2.60. The maximum Gasteiger partial charge on any atom is 0.150 e. The molecule has 0 aromatic carbocycles. The first-order valence-electron chi connectivity index (χ1n) is 4.18. The Labute approximate surface area is 85.2 Å². The summed E-state index contributed by atoms with van der Waals surface area (Å²) in [6, 6.07) is 2.00. The third-order valence-electron chi connectivity index (χ3n) is 2.03. The van der Waals surface area contributed by atoms with Gasteiger partial charge >= 0.3 is 0 Å². The predicted molar refractivity (Wildman–Crippen MR) is 53.8 cm³/mol. The Morgan fingerprint density at radius 3 is 3.08 bits per heavy atom. The smallest absolute Gasteiger partial charge is 0.150 e. The molecule has 2 rings (SSSR count). The summed E-state index contributed by atoms with van der Waals surface area (Å²) < 4.78 is 8.52. The molecule has 0 spiro atoms. The van der Waals surface area contributed by atoms with Gasteiger partial charge in [0.25, 0.3) is 0 Å². The molecule has 0 unspecified atom stereocenters. The Morgan fingerprint density at radius 2 is 2.50 bits per heavy atom. The van der Waals surface area contributed by atoms with Crippen molar-refractivity contribution in [1.82, 2.24) is 9.78 Å². The Kier molecular flexibility index (Phi) is 2.65. The van der Waals surface area contributed by atoms with Crippen molar-refractivity contribution in [2.45, 2.75) is 25.5 Å². The summed E-state index contributed by atoms with van der Waals surface area (Å²) in [5.41, 5.74) is 0. The maximum atomic E-state index is 5.57. The summed E-state index contributed by atoms with van der Waals surface area (Å²) in [4.78, 5) is 0. The van der Waals surface area contributed by atoms with Crippen molar-refractivity contribution in [3.05, 3.63) is 16.0 Å². The highest BCUT2D eigenvalue weighted by atomic mass is 127. The third kappa shape index (κ3) is 1.80. The van der Waals surface area contributed by atoms with E-state index >= 15 is 0 Å². The van der Waals surface area contributed by atoms with Gasteiger partial charge in [0, 0.05) is 12.8 Å². The monoisotopic (exact) mass is 278 g/mol. The molecule has 1 aliphatic rings. The molecule has 0 amide bonds. The molecule has 1 saturated heterocycles. The van der Waals surface area contributed by atoms with Crippen LogP contribution in [0.5, 0.6) is 0 Å². The molecule has 0 bridgehead atoms. The van der Waals surface area contributed by atoms with Crippen molar-refractivity contribution in [2.24, 2.45) is 0 Å². The maximum absolute atomic E-state index is 5.57. The van der Waals surface area contributed by atoms with Crippen LogP contribution >= 0.6 is 22.6 Å². The van der Waals surface area contributed by atoms with Gasteiger partial charge in [-0.25, -0.2) is 4.68 Å². The molecule has 0 saturated carbocycles. The SMILES string of the molecule is Ic1ccn([C@H]2CCCCO2)n1. The second-order valence-corrected chi connectivity index (χ2v) is 4.04. The zero-order valence-corrected chi connectivity index (χ0v) is 8.90. The van der Waals surface area contributed by atoms with Crippen LogP contribution in [0.2, 0.25) is 0 Å². The number of hydrogen-bond acceptors (Lipinski definition) is 2. The first-order chi connectivity index (χ1) is 5.86. The average Bonchev–Trinajstić information content (AvgIpc) is 2.54. The van der Waals surface area contributed by atoms with Gasteiger partial charge in [0.1, 0.15) is 9.93 Å². The molecule has 1 aromatic rings. The number of ether oxygens (including phenoxy) is 1. The fourth-order valence-corrected chi connectivity index (χ4v) is 1.82. The zero-order chi connectivity index (χ0) is 8.39. The molecule has 1 aliphatic heterocycles. The van der Waals surface area contributed by atoms with Crippen LogP contribution < -0.4 is 0 Å². The zero-order valence-electron chi connectivity index (χ0n) is 6.74. The highest BCUT2D eigenvalue weighted by molar-refractivity contribution is 14.1. The van der Waals surface area contributed by atoms with Crippen LogP contribution in [0.4, 0.5) is 0 Å². The number of rotatable bonds is 1. The lowest BCUT2D eigenvalue weighted by molar-refractivity contribution is -0.0396. The first kappa shape index (κ1) is 8.50. The van der Waals surface area contributed by atoms with E-state index in [0.717, 1.165) is 16.7 Å². The number of nitrogens with zero attached hydrogens (tertiary/aromatic N) is 2. The van der Waals surface area contributed by atoms with Crippen molar-refractivity contribution >= 4 is 22.6 Å². The highest BCUT2D eigenvalue weighted by Crippen LogP contribution is 2.21. The van der Waals surface area contributed by atoms with E-state index in [4.69, 9.17) is 4.74 Å². The highest BCUT2D eigenvalue weighted by Gasteiger charge is 2.15. The second-order valence-electron chi connectivity index (χ2n) is 2.94. The molecule has 1 fully saturated rings. The van der Waals surface area contributed by atoms with Crippen molar-refractivity contribution < 1.29 is 4.74 Å². The summed E-state index contributed by atoms with van der Waals surface area (Å²) >= 11 is 2.21. The van der Waals surface area contributed by atoms with Crippen LogP contribution in [0.25, 0.3) is 0 Å². The molecule has 1 aromatic heterocycles. The Hall–Kier alpha value is -0.100. The van der Waals surface area contributed by atoms with Gasteiger partial charge in [0.2, 0.25) is 0 Å². The lowest BCUT2D eigenvalue weighted by Gasteiger charge is -2.22. The standard InChI is InChI=1S/C8H11IN2O/c9-7-4-5-11(10-7)8-3-1-2-6-12-8/h4-5,8H,1-3,6H2/t8-/m1/s1. The molecule has 0 radical (unpaired) electrons. The summed E-state index contributed by atoms with van der Waals surface area (Å²) in [7, 11) is 0. The van der Waals surface area contributed by atoms with Crippen molar-refractivity contribution in [2.75, 3.05) is 6.61 Å². The Morgan fingerprint density at radius 1 is 1.58 bits per heavy atom. The fourth-order valence-electron chi connectivity index (χ4n) is 1.41. The normalized spacial score (nSPS) is 24.2. The largest absolute Gasteiger partial charge is 0.357 e. The van der Waals surface area contributed by atoms with E-state index < -0.39 is 0 Å². The van der Waals surface area contributed by atoms with E-state index in [1.807, 2.05) is 16.9 Å². The molecule has 66 valence electrons. The summed E-state index contributed by atoms with van der Waals surface area (Å²) in [6.07, 6.45) is 5.70. The number of hydrogen-bond donors (Lipinski definition) is 0. The first-order valence-corrected chi connectivity index (χ1v) is 5.26. The molecule has 3 nitrogen and oxygen atoms in total. The van der Waals surface area contributed by atoms with Crippen LogP contribution in [0.1, 0.15) is 25.5 Å². The Bertz CT molecular complexity index is 255. The van der Waals surface area contributed by atoms with Crippen LogP contribution in [0, 0.1) is 3.70 Å². The number of aromatic nitrogens is 2. The van der Waals surface area contributed by atoms with E-state index in [2.05, 4.69) is 27.7 Å². The summed E-state index contributed by atoms with van der Waals surface area (Å²) in [6.45, 7) is 0.876. The second kappa shape index (κ2) is 3.74. The average molecular weight is 278 g/mol.